The third kappa shape index (κ3) is 3.07. The molecule has 2 nitrogen and oxygen atoms in total. The van der Waals surface area contributed by atoms with Gasteiger partial charge in [0.2, 0.25) is 0 Å². The molecule has 2 aromatic rings. The van der Waals surface area contributed by atoms with Gasteiger partial charge in [0.15, 0.2) is 0 Å². The van der Waals surface area contributed by atoms with Crippen LogP contribution in [0.2, 0.25) is 5.02 Å². The summed E-state index contributed by atoms with van der Waals surface area (Å²) in [6.07, 6.45) is 1.73. The summed E-state index contributed by atoms with van der Waals surface area (Å²) in [5, 5.41) is 6.46. The predicted molar refractivity (Wildman–Crippen MR) is 73.6 cm³/mol. The summed E-state index contributed by atoms with van der Waals surface area (Å²) in [7, 11) is 0. The fourth-order valence-corrected chi connectivity index (χ4v) is 2.61. The molecule has 96 valence electrons. The molecule has 1 unspecified atom stereocenters. The van der Waals surface area contributed by atoms with E-state index in [-0.39, 0.29) is 17.9 Å². The van der Waals surface area contributed by atoms with Gasteiger partial charge in [-0.25, -0.2) is 9.37 Å². The Kier molecular flexibility index (Phi) is 4.32. The largest absolute Gasteiger partial charge is 0.302 e. The summed E-state index contributed by atoms with van der Waals surface area (Å²) < 4.78 is 14.0. The number of rotatable bonds is 4. The molecule has 0 saturated heterocycles. The molecule has 0 spiro atoms. The molecule has 1 aromatic carbocycles. The van der Waals surface area contributed by atoms with Crippen molar-refractivity contribution in [3.05, 3.63) is 51.2 Å². The second-order valence-electron chi connectivity index (χ2n) is 4.29. The Morgan fingerprint density at radius 2 is 2.17 bits per heavy atom. The molecule has 0 radical (unpaired) electrons. The lowest BCUT2D eigenvalue weighted by atomic mass is 10.1. The van der Waals surface area contributed by atoms with E-state index in [1.54, 1.807) is 18.3 Å². The number of hydrogen-bond donors (Lipinski definition) is 1. The van der Waals surface area contributed by atoms with Crippen molar-refractivity contribution in [3.63, 3.8) is 0 Å². The minimum atomic E-state index is -0.309. The topological polar surface area (TPSA) is 24.9 Å². The van der Waals surface area contributed by atoms with E-state index in [4.69, 9.17) is 11.6 Å². The standard InChI is InChI=1S/C13H14ClFN2S/c1-8(2)17-12(13-16-5-6-18-13)10-4-3-9(14)7-11(10)15/h3-8,12,17H,1-2H3. The number of halogens is 2. The van der Waals surface area contributed by atoms with E-state index in [1.807, 2.05) is 19.2 Å². The van der Waals surface area contributed by atoms with Crippen molar-refractivity contribution >= 4 is 22.9 Å². The molecule has 1 aromatic heterocycles. The Balaban J connectivity index is 2.40. The lowest BCUT2D eigenvalue weighted by Crippen LogP contribution is -2.29. The van der Waals surface area contributed by atoms with Crippen LogP contribution in [0.1, 0.15) is 30.5 Å². The van der Waals surface area contributed by atoms with Gasteiger partial charge in [-0.1, -0.05) is 17.7 Å². The minimum absolute atomic E-state index is 0.231. The maximum atomic E-state index is 14.0. The van der Waals surface area contributed by atoms with E-state index >= 15 is 0 Å². The molecular formula is C13H14ClFN2S. The Bertz CT molecular complexity index is 514. The predicted octanol–water partition coefficient (Wildman–Crippen LogP) is 4.02. The highest BCUT2D eigenvalue weighted by Crippen LogP contribution is 2.28. The van der Waals surface area contributed by atoms with Crippen LogP contribution in [0.5, 0.6) is 0 Å². The van der Waals surface area contributed by atoms with E-state index in [2.05, 4.69) is 10.3 Å². The Labute approximate surface area is 115 Å². The quantitative estimate of drug-likeness (QED) is 0.917. The minimum Gasteiger partial charge on any atom is -0.302 e. The number of hydrogen-bond acceptors (Lipinski definition) is 3. The lowest BCUT2D eigenvalue weighted by Gasteiger charge is -2.20. The van der Waals surface area contributed by atoms with Crippen molar-refractivity contribution in [1.29, 1.82) is 0 Å². The maximum Gasteiger partial charge on any atom is 0.129 e. The van der Waals surface area contributed by atoms with Gasteiger partial charge in [0.25, 0.3) is 0 Å². The smallest absolute Gasteiger partial charge is 0.129 e. The van der Waals surface area contributed by atoms with Crippen molar-refractivity contribution in [1.82, 2.24) is 10.3 Å². The van der Waals surface area contributed by atoms with Gasteiger partial charge in [0.1, 0.15) is 10.8 Å². The Morgan fingerprint density at radius 1 is 1.39 bits per heavy atom. The average molecular weight is 285 g/mol. The zero-order chi connectivity index (χ0) is 13.1. The van der Waals surface area contributed by atoms with E-state index in [0.29, 0.717) is 10.6 Å². The van der Waals surface area contributed by atoms with Gasteiger partial charge in [-0.2, -0.15) is 0 Å². The SMILES string of the molecule is CC(C)NC(c1nccs1)c1ccc(Cl)cc1F. The molecule has 0 aliphatic rings. The second kappa shape index (κ2) is 5.78. The van der Waals surface area contributed by atoms with E-state index in [9.17, 15) is 4.39 Å². The summed E-state index contributed by atoms with van der Waals surface area (Å²) in [5.74, 6) is -0.309. The first-order valence-electron chi connectivity index (χ1n) is 5.68. The fraction of sp³-hybridized carbons (Fsp3) is 0.308. The van der Waals surface area contributed by atoms with Gasteiger partial charge >= 0.3 is 0 Å². The van der Waals surface area contributed by atoms with Crippen molar-refractivity contribution in [3.8, 4) is 0 Å². The molecule has 0 aliphatic heterocycles. The third-order valence-corrected chi connectivity index (χ3v) is 3.55. The van der Waals surface area contributed by atoms with Crippen molar-refractivity contribution < 1.29 is 4.39 Å². The van der Waals surface area contributed by atoms with Crippen molar-refractivity contribution in [2.45, 2.75) is 25.9 Å². The van der Waals surface area contributed by atoms with Gasteiger partial charge < -0.3 is 5.32 Å². The molecule has 0 aliphatic carbocycles. The monoisotopic (exact) mass is 284 g/mol. The Hall–Kier alpha value is -0.970. The first-order valence-corrected chi connectivity index (χ1v) is 6.94. The van der Waals surface area contributed by atoms with Gasteiger partial charge in [0.05, 0.1) is 6.04 Å². The number of aromatic nitrogens is 1. The summed E-state index contributed by atoms with van der Waals surface area (Å²) in [4.78, 5) is 4.27. The van der Waals surface area contributed by atoms with E-state index in [1.165, 1.54) is 17.4 Å². The molecule has 18 heavy (non-hydrogen) atoms. The van der Waals surface area contributed by atoms with Gasteiger partial charge in [-0.05, 0) is 26.0 Å². The number of nitrogens with zero attached hydrogens (tertiary/aromatic N) is 1. The van der Waals surface area contributed by atoms with Crippen LogP contribution < -0.4 is 5.32 Å². The highest BCUT2D eigenvalue weighted by molar-refractivity contribution is 7.09. The summed E-state index contributed by atoms with van der Waals surface area (Å²) in [5.41, 5.74) is 0.572. The lowest BCUT2D eigenvalue weighted by molar-refractivity contribution is 0.502. The maximum absolute atomic E-state index is 14.0. The fourth-order valence-electron chi connectivity index (χ4n) is 1.74. The molecule has 1 heterocycles. The van der Waals surface area contributed by atoms with Crippen LogP contribution in [0.4, 0.5) is 4.39 Å². The van der Waals surface area contributed by atoms with Crippen LogP contribution in [0.25, 0.3) is 0 Å². The molecule has 2 rings (SSSR count). The van der Waals surface area contributed by atoms with Crippen LogP contribution in [-0.2, 0) is 0 Å². The Morgan fingerprint density at radius 3 is 2.72 bits per heavy atom. The summed E-state index contributed by atoms with van der Waals surface area (Å²) >= 11 is 7.29. The molecule has 5 heteroatoms. The highest BCUT2D eigenvalue weighted by Gasteiger charge is 2.20. The van der Waals surface area contributed by atoms with Crippen LogP contribution in [0.15, 0.2) is 29.8 Å². The molecule has 1 N–H and O–H groups in total. The first-order chi connectivity index (χ1) is 8.58. The third-order valence-electron chi connectivity index (χ3n) is 2.47. The summed E-state index contributed by atoms with van der Waals surface area (Å²) in [6.45, 7) is 4.04. The number of nitrogens with one attached hydrogen (secondary N) is 1. The number of benzene rings is 1. The van der Waals surface area contributed by atoms with Crippen LogP contribution in [0, 0.1) is 5.82 Å². The van der Waals surface area contributed by atoms with Gasteiger partial charge in [0, 0.05) is 28.2 Å². The zero-order valence-corrected chi connectivity index (χ0v) is 11.7. The normalized spacial score (nSPS) is 12.9. The second-order valence-corrected chi connectivity index (χ2v) is 5.65. The van der Waals surface area contributed by atoms with Crippen molar-refractivity contribution in [2.24, 2.45) is 0 Å². The van der Waals surface area contributed by atoms with Crippen LogP contribution in [0.3, 0.4) is 0 Å². The first kappa shape index (κ1) is 13.5. The summed E-state index contributed by atoms with van der Waals surface area (Å²) in [6, 6.07) is 4.73. The number of thiazole rings is 1. The average Bonchev–Trinajstić information content (AvgIpc) is 2.79. The van der Waals surface area contributed by atoms with Gasteiger partial charge in [-0.15, -0.1) is 11.3 Å². The molecule has 0 saturated carbocycles. The van der Waals surface area contributed by atoms with Gasteiger partial charge in [-0.3, -0.25) is 0 Å². The van der Waals surface area contributed by atoms with Crippen LogP contribution in [-0.4, -0.2) is 11.0 Å². The molecule has 0 fully saturated rings. The van der Waals surface area contributed by atoms with E-state index in [0.717, 1.165) is 5.01 Å². The van der Waals surface area contributed by atoms with Crippen LogP contribution >= 0.6 is 22.9 Å². The molecule has 0 amide bonds. The highest BCUT2D eigenvalue weighted by atomic mass is 35.5. The molecular weight excluding hydrogens is 271 g/mol. The molecule has 1 atom stereocenters. The van der Waals surface area contributed by atoms with Crippen molar-refractivity contribution in [2.75, 3.05) is 0 Å². The van der Waals surface area contributed by atoms with E-state index < -0.39 is 0 Å². The molecule has 0 bridgehead atoms. The zero-order valence-electron chi connectivity index (χ0n) is 10.2.